The Morgan fingerprint density at radius 1 is 1.35 bits per heavy atom. The second kappa shape index (κ2) is 5.44. The second-order valence-electron chi connectivity index (χ2n) is 4.20. The molecule has 4 heteroatoms. The van der Waals surface area contributed by atoms with E-state index in [1.807, 2.05) is 11.8 Å². The van der Waals surface area contributed by atoms with Gasteiger partial charge in [0, 0.05) is 22.3 Å². The van der Waals surface area contributed by atoms with Crippen LogP contribution in [-0.2, 0) is 0 Å². The Hall–Kier alpha value is -0.480. The number of ketones is 1. The third-order valence-corrected chi connectivity index (χ3v) is 5.98. The predicted octanol–water partition coefficient (Wildman–Crippen LogP) is 3.55. The molecule has 0 amide bonds. The van der Waals surface area contributed by atoms with Crippen LogP contribution in [0.4, 0.5) is 4.39 Å². The number of carbonyl (C=O) groups excluding carboxylic acids is 1. The highest BCUT2D eigenvalue weighted by Crippen LogP contribution is 2.33. The first-order valence-corrected chi connectivity index (χ1v) is 7.73. The molecule has 17 heavy (non-hydrogen) atoms. The van der Waals surface area contributed by atoms with E-state index in [-0.39, 0.29) is 16.9 Å². The van der Waals surface area contributed by atoms with Crippen molar-refractivity contribution in [1.82, 2.24) is 0 Å². The molecular weight excluding hydrogens is 255 g/mol. The fourth-order valence-corrected chi connectivity index (χ4v) is 4.61. The fourth-order valence-electron chi connectivity index (χ4n) is 1.88. The van der Waals surface area contributed by atoms with Gasteiger partial charge in [-0.1, -0.05) is 6.92 Å². The van der Waals surface area contributed by atoms with E-state index in [2.05, 4.69) is 6.92 Å². The smallest absolute Gasteiger partial charge is 0.176 e. The summed E-state index contributed by atoms with van der Waals surface area (Å²) in [5.74, 6) is 2.02. The lowest BCUT2D eigenvalue weighted by Crippen LogP contribution is -2.31. The van der Waals surface area contributed by atoms with E-state index in [1.54, 1.807) is 30.8 Å². The average molecular weight is 270 g/mol. The number of rotatable bonds is 2. The van der Waals surface area contributed by atoms with Crippen LogP contribution in [0.25, 0.3) is 0 Å². The molecule has 1 nitrogen and oxygen atoms in total. The summed E-state index contributed by atoms with van der Waals surface area (Å²) in [5, 5.41) is 0.352. The summed E-state index contributed by atoms with van der Waals surface area (Å²) in [6.45, 7) is 3.79. The Kier molecular flexibility index (Phi) is 4.15. The molecular formula is C13H15FOS2. The normalized spacial score (nSPS) is 24.6. The van der Waals surface area contributed by atoms with Crippen LogP contribution in [-0.4, -0.2) is 27.8 Å². The Morgan fingerprint density at radius 2 is 2.06 bits per heavy atom. The van der Waals surface area contributed by atoms with Gasteiger partial charge >= 0.3 is 0 Å². The molecule has 1 aromatic rings. The molecule has 1 aromatic carbocycles. The third-order valence-electron chi connectivity index (χ3n) is 2.89. The SMILES string of the molecule is Cc1cc(C(=O)C2SCCSC2C)ccc1F. The van der Waals surface area contributed by atoms with Crippen LogP contribution in [0.15, 0.2) is 18.2 Å². The van der Waals surface area contributed by atoms with Crippen molar-refractivity contribution in [3.63, 3.8) is 0 Å². The Morgan fingerprint density at radius 3 is 2.71 bits per heavy atom. The molecule has 1 fully saturated rings. The van der Waals surface area contributed by atoms with Crippen molar-refractivity contribution in [2.45, 2.75) is 24.3 Å². The van der Waals surface area contributed by atoms with Crippen LogP contribution in [0.5, 0.6) is 0 Å². The molecule has 1 heterocycles. The van der Waals surface area contributed by atoms with Crippen molar-refractivity contribution in [3.8, 4) is 0 Å². The topological polar surface area (TPSA) is 17.1 Å². The highest BCUT2D eigenvalue weighted by atomic mass is 32.2. The lowest BCUT2D eigenvalue weighted by molar-refractivity contribution is 0.0989. The number of hydrogen-bond acceptors (Lipinski definition) is 3. The van der Waals surface area contributed by atoms with Gasteiger partial charge in [-0.2, -0.15) is 11.8 Å². The highest BCUT2D eigenvalue weighted by molar-refractivity contribution is 8.07. The molecule has 0 aliphatic carbocycles. The van der Waals surface area contributed by atoms with Crippen LogP contribution >= 0.6 is 23.5 Å². The first-order valence-electron chi connectivity index (χ1n) is 5.63. The van der Waals surface area contributed by atoms with Crippen molar-refractivity contribution in [2.75, 3.05) is 11.5 Å². The zero-order valence-corrected chi connectivity index (χ0v) is 11.5. The minimum absolute atomic E-state index is 0.0126. The molecule has 2 unspecified atom stereocenters. The van der Waals surface area contributed by atoms with E-state index < -0.39 is 0 Å². The molecule has 2 rings (SSSR count). The maximum absolute atomic E-state index is 13.2. The van der Waals surface area contributed by atoms with E-state index >= 15 is 0 Å². The number of carbonyl (C=O) groups is 1. The van der Waals surface area contributed by atoms with Crippen LogP contribution in [0, 0.1) is 12.7 Å². The van der Waals surface area contributed by atoms with Gasteiger partial charge in [0.25, 0.3) is 0 Å². The van der Waals surface area contributed by atoms with Gasteiger partial charge in [0.2, 0.25) is 0 Å². The molecule has 1 aliphatic heterocycles. The van der Waals surface area contributed by atoms with Crippen molar-refractivity contribution in [2.24, 2.45) is 0 Å². The fraction of sp³-hybridized carbons (Fsp3) is 0.462. The van der Waals surface area contributed by atoms with E-state index in [9.17, 15) is 9.18 Å². The van der Waals surface area contributed by atoms with E-state index in [1.165, 1.54) is 6.07 Å². The summed E-state index contributed by atoms with van der Waals surface area (Å²) in [4.78, 5) is 12.3. The molecule has 92 valence electrons. The second-order valence-corrected chi connectivity index (χ2v) is 6.93. The van der Waals surface area contributed by atoms with Gasteiger partial charge in [0.15, 0.2) is 5.78 Å². The van der Waals surface area contributed by atoms with E-state index in [0.29, 0.717) is 16.4 Å². The van der Waals surface area contributed by atoms with Crippen molar-refractivity contribution in [1.29, 1.82) is 0 Å². The van der Waals surface area contributed by atoms with Gasteiger partial charge in [0.1, 0.15) is 5.82 Å². The van der Waals surface area contributed by atoms with Crippen LogP contribution in [0.3, 0.4) is 0 Å². The molecule has 1 saturated heterocycles. The van der Waals surface area contributed by atoms with Crippen molar-refractivity contribution in [3.05, 3.63) is 35.1 Å². The molecule has 1 aliphatic rings. The molecule has 0 saturated carbocycles. The van der Waals surface area contributed by atoms with E-state index in [0.717, 1.165) is 11.5 Å². The maximum atomic E-state index is 13.2. The van der Waals surface area contributed by atoms with Crippen LogP contribution in [0.1, 0.15) is 22.8 Å². The van der Waals surface area contributed by atoms with Crippen molar-refractivity contribution < 1.29 is 9.18 Å². The number of hydrogen-bond donors (Lipinski definition) is 0. The standard InChI is InChI=1S/C13H15FOS2/c1-8-7-10(3-4-11(8)14)12(15)13-9(2)16-5-6-17-13/h3-4,7,9,13H,5-6H2,1-2H3. The van der Waals surface area contributed by atoms with Gasteiger partial charge in [-0.15, -0.1) is 11.8 Å². The summed E-state index contributed by atoms with van der Waals surface area (Å²) in [6, 6.07) is 4.63. The van der Waals surface area contributed by atoms with Crippen LogP contribution in [0.2, 0.25) is 0 Å². The van der Waals surface area contributed by atoms with Crippen molar-refractivity contribution >= 4 is 29.3 Å². The first kappa shape index (κ1) is 13.0. The van der Waals surface area contributed by atoms with Crippen LogP contribution < -0.4 is 0 Å². The lowest BCUT2D eigenvalue weighted by atomic mass is 10.0. The zero-order valence-electron chi connectivity index (χ0n) is 9.90. The number of thioether (sulfide) groups is 2. The quantitative estimate of drug-likeness (QED) is 0.765. The number of aryl methyl sites for hydroxylation is 1. The molecule has 0 spiro atoms. The van der Waals surface area contributed by atoms with Gasteiger partial charge in [0.05, 0.1) is 5.25 Å². The Labute approximate surface area is 110 Å². The summed E-state index contributed by atoms with van der Waals surface area (Å²) >= 11 is 3.56. The van der Waals surface area contributed by atoms with E-state index in [4.69, 9.17) is 0 Å². The number of Topliss-reactive ketones (excluding diaryl/α,β-unsaturated/α-hetero) is 1. The first-order chi connectivity index (χ1) is 8.09. The van der Waals surface area contributed by atoms with Gasteiger partial charge < -0.3 is 0 Å². The predicted molar refractivity (Wildman–Crippen MR) is 73.6 cm³/mol. The van der Waals surface area contributed by atoms with Gasteiger partial charge in [-0.3, -0.25) is 4.79 Å². The Balaban J connectivity index is 2.21. The monoisotopic (exact) mass is 270 g/mol. The van der Waals surface area contributed by atoms with Gasteiger partial charge in [-0.25, -0.2) is 4.39 Å². The minimum atomic E-state index is -0.250. The minimum Gasteiger partial charge on any atom is -0.293 e. The molecule has 0 bridgehead atoms. The Bertz CT molecular complexity index is 433. The molecule has 0 radical (unpaired) electrons. The summed E-state index contributed by atoms with van der Waals surface area (Å²) in [6.07, 6.45) is 0. The number of benzene rings is 1. The third kappa shape index (κ3) is 2.86. The molecule has 0 aromatic heterocycles. The summed E-state index contributed by atoms with van der Waals surface area (Å²) < 4.78 is 13.2. The zero-order chi connectivity index (χ0) is 12.4. The highest BCUT2D eigenvalue weighted by Gasteiger charge is 2.29. The lowest BCUT2D eigenvalue weighted by Gasteiger charge is -2.26. The summed E-state index contributed by atoms with van der Waals surface area (Å²) in [5.41, 5.74) is 1.17. The maximum Gasteiger partial charge on any atom is 0.176 e. The largest absolute Gasteiger partial charge is 0.293 e. The molecule has 0 N–H and O–H groups in total. The average Bonchev–Trinajstić information content (AvgIpc) is 2.32. The van der Waals surface area contributed by atoms with Gasteiger partial charge in [-0.05, 0) is 30.7 Å². The summed E-state index contributed by atoms with van der Waals surface area (Å²) in [7, 11) is 0. The molecule has 2 atom stereocenters. The number of halogens is 1.